The second-order valence-corrected chi connectivity index (χ2v) is 15.1. The maximum atomic E-state index is 14.2. The van der Waals surface area contributed by atoms with E-state index in [0.29, 0.717) is 32.8 Å². The maximum Gasteiger partial charge on any atom is 0.241 e. The van der Waals surface area contributed by atoms with Crippen molar-refractivity contribution in [3.63, 3.8) is 0 Å². The average Bonchev–Trinajstić information content (AvgIpc) is 2.93. The van der Waals surface area contributed by atoms with Gasteiger partial charge in [0.2, 0.25) is 13.4 Å². The smallest absolute Gasteiger partial charge is 0.241 e. The van der Waals surface area contributed by atoms with Crippen LogP contribution in [0.2, 0.25) is 0 Å². The molecule has 2 aromatic rings. The van der Waals surface area contributed by atoms with Crippen LogP contribution in [0.4, 0.5) is 0 Å². The van der Waals surface area contributed by atoms with Gasteiger partial charge in [0.25, 0.3) is 0 Å². The molecule has 4 rings (SSSR count). The summed E-state index contributed by atoms with van der Waals surface area (Å²) < 4.78 is 30.3. The summed E-state index contributed by atoms with van der Waals surface area (Å²) >= 11 is 0. The fourth-order valence-corrected chi connectivity index (χ4v) is 7.67. The fourth-order valence-electron chi connectivity index (χ4n) is 5.62. The Morgan fingerprint density at radius 1 is 0.975 bits per heavy atom. The zero-order valence-corrected chi connectivity index (χ0v) is 25.9. The highest BCUT2D eigenvalue weighted by atomic mass is 31.2. The van der Waals surface area contributed by atoms with Crippen LogP contribution in [0.5, 0.6) is 0 Å². The number of rotatable bonds is 9. The van der Waals surface area contributed by atoms with Crippen molar-refractivity contribution in [1.29, 1.82) is 0 Å². The highest BCUT2D eigenvalue weighted by Gasteiger charge is 2.39. The zero-order chi connectivity index (χ0) is 28.9. The van der Waals surface area contributed by atoms with Gasteiger partial charge in [-0.05, 0) is 52.9 Å². The molecule has 0 aromatic heterocycles. The van der Waals surface area contributed by atoms with Gasteiger partial charge in [-0.2, -0.15) is 0 Å². The van der Waals surface area contributed by atoms with Crippen molar-refractivity contribution in [3.05, 3.63) is 71.8 Å². The number of ether oxygens (including phenoxy) is 2. The predicted molar refractivity (Wildman–Crippen MR) is 161 cm³/mol. The molecule has 8 nitrogen and oxygen atoms in total. The number of amides is 1. The van der Waals surface area contributed by atoms with Crippen molar-refractivity contribution in [1.82, 2.24) is 19.1 Å². The van der Waals surface area contributed by atoms with Gasteiger partial charge in [-0.1, -0.05) is 60.7 Å². The van der Waals surface area contributed by atoms with E-state index in [2.05, 4.69) is 32.6 Å². The molecule has 2 fully saturated rings. The first-order valence-corrected chi connectivity index (χ1v) is 16.2. The van der Waals surface area contributed by atoms with E-state index in [1.54, 1.807) is 4.67 Å². The molecule has 0 aliphatic carbocycles. The number of hydrogen-bond acceptors (Lipinski definition) is 5. The monoisotopic (exact) mass is 570 g/mol. The molecule has 2 saturated heterocycles. The van der Waals surface area contributed by atoms with E-state index in [1.165, 1.54) is 0 Å². The third-order valence-electron chi connectivity index (χ3n) is 7.99. The van der Waals surface area contributed by atoms with Gasteiger partial charge in [0.05, 0.1) is 24.7 Å². The lowest BCUT2D eigenvalue weighted by molar-refractivity contribution is -0.133. The molecule has 0 spiro atoms. The largest absolute Gasteiger partial charge is 0.370 e. The molecular formula is C31H47N4O4P. The summed E-state index contributed by atoms with van der Waals surface area (Å²) in [5.41, 5.74) is 2.03. The molecule has 3 atom stereocenters. The quantitative estimate of drug-likeness (QED) is 0.409. The third kappa shape index (κ3) is 7.41. The van der Waals surface area contributed by atoms with Gasteiger partial charge >= 0.3 is 0 Å². The Kier molecular flexibility index (Phi) is 10.3. The van der Waals surface area contributed by atoms with Gasteiger partial charge in [-0.25, -0.2) is 9.34 Å². The highest BCUT2D eigenvalue weighted by molar-refractivity contribution is 7.58. The minimum atomic E-state index is -2.96. The first kappa shape index (κ1) is 30.9. The van der Waals surface area contributed by atoms with Crippen LogP contribution < -0.4 is 0 Å². The summed E-state index contributed by atoms with van der Waals surface area (Å²) in [6.45, 7) is 13.0. The lowest BCUT2D eigenvalue weighted by Gasteiger charge is -2.44. The van der Waals surface area contributed by atoms with E-state index in [4.69, 9.17) is 9.47 Å². The zero-order valence-electron chi connectivity index (χ0n) is 25.0. The Morgan fingerprint density at radius 2 is 1.52 bits per heavy atom. The second kappa shape index (κ2) is 13.3. The van der Waals surface area contributed by atoms with Crippen LogP contribution in [0.25, 0.3) is 0 Å². The maximum absolute atomic E-state index is 14.2. The van der Waals surface area contributed by atoms with E-state index >= 15 is 0 Å². The Labute approximate surface area is 240 Å². The van der Waals surface area contributed by atoms with Crippen LogP contribution in [0, 0.1) is 0 Å². The molecular weight excluding hydrogens is 523 g/mol. The van der Waals surface area contributed by atoms with Crippen LogP contribution in [0.15, 0.2) is 60.7 Å². The van der Waals surface area contributed by atoms with Crippen molar-refractivity contribution in [3.8, 4) is 0 Å². The van der Waals surface area contributed by atoms with Gasteiger partial charge in [0.15, 0.2) is 0 Å². The highest BCUT2D eigenvalue weighted by Crippen LogP contribution is 2.51. The van der Waals surface area contributed by atoms with Crippen molar-refractivity contribution in [2.45, 2.75) is 51.4 Å². The lowest BCUT2D eigenvalue weighted by atomic mass is 9.90. The second-order valence-electron chi connectivity index (χ2n) is 12.2. The van der Waals surface area contributed by atoms with E-state index in [1.807, 2.05) is 84.3 Å². The van der Waals surface area contributed by atoms with Crippen LogP contribution in [0.3, 0.4) is 0 Å². The Morgan fingerprint density at radius 3 is 2.02 bits per heavy atom. The number of nitrogens with zero attached hydrogens (tertiary/aromatic N) is 4. The van der Waals surface area contributed by atoms with Gasteiger partial charge in [0.1, 0.15) is 6.35 Å². The normalized spacial score (nSPS) is 22.9. The fraction of sp³-hybridized carbons (Fsp3) is 0.581. The number of benzene rings is 2. The molecule has 9 heteroatoms. The number of carbonyl (C=O) groups excluding carboxylic acids is 1. The van der Waals surface area contributed by atoms with Crippen LogP contribution in [0.1, 0.15) is 44.7 Å². The summed E-state index contributed by atoms with van der Waals surface area (Å²) in [4.78, 5) is 18.2. The third-order valence-corrected chi connectivity index (χ3v) is 11.0. The summed E-state index contributed by atoms with van der Waals surface area (Å²) in [5, 5.41) is 0. The molecule has 0 bridgehead atoms. The molecule has 2 aliphatic heterocycles. The first-order valence-electron chi connectivity index (χ1n) is 14.4. The molecule has 40 heavy (non-hydrogen) atoms. The number of hydrogen-bond donors (Lipinski definition) is 0. The summed E-state index contributed by atoms with van der Waals surface area (Å²) in [6, 6.07) is 19.9. The SMILES string of the molecule is CC1CN(C(C)(C)C)CC(COCP(=O)(N(C)C)N2CCN(C(=O)C(c3ccccc3)c3ccccc3)CC2)O1. The van der Waals surface area contributed by atoms with Crippen molar-refractivity contribution in [2.75, 3.05) is 66.3 Å². The molecule has 1 amide bonds. The lowest BCUT2D eigenvalue weighted by Crippen LogP contribution is -2.55. The van der Waals surface area contributed by atoms with E-state index in [-0.39, 0.29) is 35.9 Å². The van der Waals surface area contributed by atoms with E-state index in [0.717, 1.165) is 24.2 Å². The van der Waals surface area contributed by atoms with Crippen molar-refractivity contribution < 1.29 is 18.8 Å². The van der Waals surface area contributed by atoms with Gasteiger partial charge < -0.3 is 14.4 Å². The van der Waals surface area contributed by atoms with Crippen molar-refractivity contribution in [2.24, 2.45) is 0 Å². The minimum absolute atomic E-state index is 0.0547. The number of morpholine rings is 1. The molecule has 2 heterocycles. The molecule has 2 aliphatic rings. The average molecular weight is 571 g/mol. The first-order chi connectivity index (χ1) is 19.0. The van der Waals surface area contributed by atoms with Crippen LogP contribution >= 0.6 is 7.44 Å². The molecule has 2 aromatic carbocycles. The summed E-state index contributed by atoms with van der Waals surface area (Å²) in [5.74, 6) is -0.275. The number of carbonyl (C=O) groups is 1. The molecule has 0 radical (unpaired) electrons. The topological polar surface area (TPSA) is 65.6 Å². The Bertz CT molecular complexity index is 1090. The number of piperazine rings is 1. The van der Waals surface area contributed by atoms with Gasteiger partial charge in [-0.15, -0.1) is 0 Å². The van der Waals surface area contributed by atoms with E-state index < -0.39 is 7.44 Å². The molecule has 220 valence electrons. The molecule has 0 N–H and O–H groups in total. The minimum Gasteiger partial charge on any atom is -0.370 e. The summed E-state index contributed by atoms with van der Waals surface area (Å²) in [7, 11) is 0.744. The molecule has 0 saturated carbocycles. The van der Waals surface area contributed by atoms with Crippen molar-refractivity contribution >= 4 is 13.4 Å². The predicted octanol–water partition coefficient (Wildman–Crippen LogP) is 4.58. The van der Waals surface area contributed by atoms with E-state index in [9.17, 15) is 9.36 Å². The Hall–Kier alpha value is -2.06. The summed E-state index contributed by atoms with van der Waals surface area (Å²) in [6.07, 6.45) is 0.207. The molecule has 3 unspecified atom stereocenters. The Balaban J connectivity index is 1.37. The van der Waals surface area contributed by atoms with Crippen LogP contribution in [-0.4, -0.2) is 109 Å². The van der Waals surface area contributed by atoms with Gasteiger partial charge in [0, 0.05) is 44.8 Å². The van der Waals surface area contributed by atoms with Crippen LogP contribution in [-0.2, 0) is 18.8 Å². The standard InChI is InChI=1S/C31H47N4O4P/c1-25-21-34(31(2,3)4)22-28(39-25)23-38-24-40(37,32(5)6)35-19-17-33(18-20-35)30(36)29(26-13-9-7-10-14-26)27-15-11-8-12-16-27/h7-16,25,28-29H,17-24H2,1-6H3. The van der Waals surface area contributed by atoms with Gasteiger partial charge in [-0.3, -0.25) is 14.3 Å².